The summed E-state index contributed by atoms with van der Waals surface area (Å²) in [5, 5.41) is 4.72. The molecule has 10 heteroatoms. The standard InChI is InChI=1S/C20H20N6O2S2/c1-10-7-11(2)22-19(21-10)26-18(28)16-14(27)8-12(23-17(16)25-26)9-29-20-24-13-5-3-4-6-15(13)30-20/h3-7,12,16-17,23,25H,8-9H2,1-2H3. The number of benzene rings is 1. The predicted octanol–water partition coefficient (Wildman–Crippen LogP) is 2.22. The summed E-state index contributed by atoms with van der Waals surface area (Å²) in [7, 11) is 0. The number of Topliss-reactive ketones (excluding diaryl/α,β-unsaturated/α-hetero) is 1. The second kappa shape index (κ2) is 7.69. The van der Waals surface area contributed by atoms with Crippen LogP contribution in [0.3, 0.4) is 0 Å². The molecular weight excluding hydrogens is 420 g/mol. The van der Waals surface area contributed by atoms with Crippen LogP contribution in [0.4, 0.5) is 5.95 Å². The van der Waals surface area contributed by atoms with Gasteiger partial charge >= 0.3 is 0 Å². The molecule has 0 radical (unpaired) electrons. The molecule has 3 unspecified atom stereocenters. The molecule has 2 N–H and O–H groups in total. The van der Waals surface area contributed by atoms with Gasteiger partial charge in [0.25, 0.3) is 5.91 Å². The van der Waals surface area contributed by atoms with Crippen molar-refractivity contribution in [3.05, 3.63) is 41.7 Å². The Morgan fingerprint density at radius 3 is 2.70 bits per heavy atom. The third kappa shape index (κ3) is 3.60. The highest BCUT2D eigenvalue weighted by Crippen LogP contribution is 2.32. The van der Waals surface area contributed by atoms with E-state index >= 15 is 0 Å². The highest BCUT2D eigenvalue weighted by molar-refractivity contribution is 8.01. The number of amides is 1. The van der Waals surface area contributed by atoms with E-state index < -0.39 is 12.1 Å². The molecule has 2 fully saturated rings. The van der Waals surface area contributed by atoms with Crippen molar-refractivity contribution in [2.45, 2.75) is 36.8 Å². The van der Waals surface area contributed by atoms with E-state index in [4.69, 9.17) is 0 Å². The van der Waals surface area contributed by atoms with E-state index in [0.717, 1.165) is 25.9 Å². The van der Waals surface area contributed by atoms with E-state index in [0.29, 0.717) is 12.2 Å². The third-order valence-corrected chi connectivity index (χ3v) is 7.49. The Labute approximate surface area is 181 Å². The van der Waals surface area contributed by atoms with Crippen LogP contribution in [-0.4, -0.2) is 44.6 Å². The summed E-state index contributed by atoms with van der Waals surface area (Å²) < 4.78 is 2.13. The largest absolute Gasteiger partial charge is 0.299 e. The van der Waals surface area contributed by atoms with E-state index in [2.05, 4.69) is 31.8 Å². The Kier molecular flexibility index (Phi) is 5.02. The van der Waals surface area contributed by atoms with Gasteiger partial charge in [-0.2, -0.15) is 0 Å². The van der Waals surface area contributed by atoms with Gasteiger partial charge in [0.1, 0.15) is 11.7 Å². The first-order valence-corrected chi connectivity index (χ1v) is 11.5. The number of aryl methyl sites for hydroxylation is 2. The number of nitrogens with zero attached hydrogens (tertiary/aromatic N) is 4. The van der Waals surface area contributed by atoms with Gasteiger partial charge in [-0.3, -0.25) is 14.9 Å². The van der Waals surface area contributed by atoms with E-state index in [9.17, 15) is 9.59 Å². The van der Waals surface area contributed by atoms with Crippen molar-refractivity contribution in [3.63, 3.8) is 0 Å². The van der Waals surface area contributed by atoms with Gasteiger partial charge in [-0.15, -0.1) is 11.3 Å². The molecule has 3 aromatic rings. The molecule has 30 heavy (non-hydrogen) atoms. The number of anilines is 1. The summed E-state index contributed by atoms with van der Waals surface area (Å²) in [6, 6.07) is 9.84. The zero-order valence-electron chi connectivity index (χ0n) is 16.5. The van der Waals surface area contributed by atoms with Gasteiger partial charge in [0.2, 0.25) is 5.95 Å². The maximum atomic E-state index is 12.9. The number of carbonyl (C=O) groups is 2. The van der Waals surface area contributed by atoms with E-state index in [1.165, 1.54) is 5.01 Å². The predicted molar refractivity (Wildman–Crippen MR) is 116 cm³/mol. The van der Waals surface area contributed by atoms with Gasteiger partial charge in [-0.25, -0.2) is 25.4 Å². The zero-order chi connectivity index (χ0) is 20.8. The minimum absolute atomic E-state index is 0.0452. The number of fused-ring (bicyclic) bond motifs is 2. The van der Waals surface area contributed by atoms with E-state index in [1.807, 2.05) is 38.1 Å². The van der Waals surface area contributed by atoms with Crippen molar-refractivity contribution in [2.24, 2.45) is 5.92 Å². The summed E-state index contributed by atoms with van der Waals surface area (Å²) in [5.74, 6) is -0.136. The molecule has 0 spiro atoms. The van der Waals surface area contributed by atoms with Gasteiger partial charge in [0.05, 0.1) is 16.4 Å². The molecule has 1 amide bonds. The lowest BCUT2D eigenvalue weighted by Gasteiger charge is -2.29. The van der Waals surface area contributed by atoms with Crippen molar-refractivity contribution >= 4 is 51.0 Å². The van der Waals surface area contributed by atoms with Crippen LogP contribution in [0.5, 0.6) is 0 Å². The van der Waals surface area contributed by atoms with Crippen LogP contribution in [0.15, 0.2) is 34.7 Å². The number of nitrogens with one attached hydrogen (secondary N) is 2. The number of piperidine rings is 1. The highest BCUT2D eigenvalue weighted by Gasteiger charge is 2.49. The number of carbonyl (C=O) groups excluding carboxylic acids is 2. The van der Waals surface area contributed by atoms with E-state index in [1.54, 1.807) is 23.1 Å². The summed E-state index contributed by atoms with van der Waals surface area (Å²) in [4.78, 5) is 39.0. The molecule has 3 atom stereocenters. The molecule has 0 bridgehead atoms. The molecule has 2 aliphatic rings. The van der Waals surface area contributed by atoms with Crippen molar-refractivity contribution in [2.75, 3.05) is 10.8 Å². The van der Waals surface area contributed by atoms with Crippen molar-refractivity contribution in [1.29, 1.82) is 0 Å². The van der Waals surface area contributed by atoms with Crippen molar-refractivity contribution in [3.8, 4) is 0 Å². The minimum atomic E-state index is -0.752. The lowest BCUT2D eigenvalue weighted by atomic mass is 9.91. The number of hydrogen-bond donors (Lipinski definition) is 2. The Hall–Kier alpha value is -2.40. The lowest BCUT2D eigenvalue weighted by molar-refractivity contribution is -0.133. The molecule has 2 saturated heterocycles. The molecule has 0 saturated carbocycles. The number of thiazole rings is 1. The van der Waals surface area contributed by atoms with Crippen LogP contribution >= 0.6 is 23.1 Å². The quantitative estimate of drug-likeness (QED) is 0.471. The fraction of sp³-hybridized carbons (Fsp3) is 0.350. The molecule has 4 heterocycles. The zero-order valence-corrected chi connectivity index (χ0v) is 18.1. The number of rotatable bonds is 4. The molecular formula is C20H20N6O2S2. The van der Waals surface area contributed by atoms with Gasteiger partial charge in [0.15, 0.2) is 4.34 Å². The normalized spacial score (nSPS) is 23.9. The Morgan fingerprint density at radius 1 is 1.17 bits per heavy atom. The molecule has 154 valence electrons. The van der Waals surface area contributed by atoms with Gasteiger partial charge in [-0.1, -0.05) is 23.9 Å². The SMILES string of the molecule is Cc1cc(C)nc(N2NC3NC(CSc4nc5ccccc5s4)CC(=O)C3C2=O)n1. The molecule has 2 aromatic heterocycles. The van der Waals surface area contributed by atoms with Crippen molar-refractivity contribution in [1.82, 2.24) is 25.7 Å². The van der Waals surface area contributed by atoms with Crippen LogP contribution < -0.4 is 15.8 Å². The van der Waals surface area contributed by atoms with Crippen LogP contribution in [0, 0.1) is 19.8 Å². The fourth-order valence-electron chi connectivity index (χ4n) is 3.85. The average molecular weight is 441 g/mol. The first kappa shape index (κ1) is 19.6. The number of para-hydroxylation sites is 1. The maximum Gasteiger partial charge on any atom is 0.257 e. The van der Waals surface area contributed by atoms with Gasteiger partial charge in [-0.05, 0) is 32.0 Å². The average Bonchev–Trinajstić information content (AvgIpc) is 3.26. The third-order valence-electron chi connectivity index (χ3n) is 5.15. The summed E-state index contributed by atoms with van der Waals surface area (Å²) in [6.45, 7) is 3.70. The fourth-order valence-corrected chi connectivity index (χ4v) is 5.98. The van der Waals surface area contributed by atoms with Crippen molar-refractivity contribution < 1.29 is 9.59 Å². The van der Waals surface area contributed by atoms with Gasteiger partial charge in [0, 0.05) is 29.6 Å². The number of thioether (sulfide) groups is 1. The Bertz CT molecular complexity index is 1100. The van der Waals surface area contributed by atoms with E-state index in [-0.39, 0.29) is 23.7 Å². The summed E-state index contributed by atoms with van der Waals surface area (Å²) >= 11 is 3.28. The lowest BCUT2D eigenvalue weighted by Crippen LogP contribution is -2.56. The first-order chi connectivity index (χ1) is 14.5. The molecule has 0 aliphatic carbocycles. The maximum absolute atomic E-state index is 12.9. The summed E-state index contributed by atoms with van der Waals surface area (Å²) in [6.07, 6.45) is -0.141. The smallest absolute Gasteiger partial charge is 0.257 e. The monoisotopic (exact) mass is 440 g/mol. The number of hydrazine groups is 1. The summed E-state index contributed by atoms with van der Waals surface area (Å²) in [5.41, 5.74) is 5.63. The molecule has 1 aromatic carbocycles. The minimum Gasteiger partial charge on any atom is -0.299 e. The highest BCUT2D eigenvalue weighted by atomic mass is 32.2. The van der Waals surface area contributed by atoms with Gasteiger partial charge < -0.3 is 0 Å². The number of aromatic nitrogens is 3. The Balaban J connectivity index is 1.28. The first-order valence-electron chi connectivity index (χ1n) is 9.67. The second-order valence-electron chi connectivity index (χ2n) is 7.50. The van der Waals surface area contributed by atoms with Crippen LogP contribution in [0.25, 0.3) is 10.2 Å². The Morgan fingerprint density at radius 2 is 1.93 bits per heavy atom. The topological polar surface area (TPSA) is 100 Å². The van der Waals surface area contributed by atoms with Crippen LogP contribution in [0.2, 0.25) is 0 Å². The molecule has 5 rings (SSSR count). The number of ketones is 1. The van der Waals surface area contributed by atoms with Crippen LogP contribution in [-0.2, 0) is 9.59 Å². The molecule has 8 nitrogen and oxygen atoms in total. The van der Waals surface area contributed by atoms with Crippen LogP contribution in [0.1, 0.15) is 17.8 Å². The molecule has 2 aliphatic heterocycles. The second-order valence-corrected chi connectivity index (χ2v) is 9.80. The number of hydrogen-bond acceptors (Lipinski definition) is 9.